The van der Waals surface area contributed by atoms with Crippen molar-refractivity contribution in [1.29, 1.82) is 0 Å². The zero-order valence-electron chi connectivity index (χ0n) is 13.4. The molecule has 0 aromatic carbocycles. The van der Waals surface area contributed by atoms with Gasteiger partial charge in [0.15, 0.2) is 6.04 Å². The first-order chi connectivity index (χ1) is 8.90. The van der Waals surface area contributed by atoms with Gasteiger partial charge in [-0.3, -0.25) is 4.79 Å². The molecule has 0 unspecified atom stereocenters. The van der Waals surface area contributed by atoms with Crippen LogP contribution in [-0.2, 0) is 4.79 Å². The molecule has 1 aliphatic rings. The van der Waals surface area contributed by atoms with E-state index in [0.29, 0.717) is 17.7 Å². The van der Waals surface area contributed by atoms with Gasteiger partial charge in [0.2, 0.25) is 0 Å². The van der Waals surface area contributed by atoms with E-state index in [4.69, 9.17) is 0 Å². The second kappa shape index (κ2) is 7.85. The predicted octanol–water partition coefficient (Wildman–Crippen LogP) is -1.02. The van der Waals surface area contributed by atoms with Crippen molar-refractivity contribution in [3.05, 3.63) is 0 Å². The summed E-state index contributed by atoms with van der Waals surface area (Å²) in [5.41, 5.74) is 0. The van der Waals surface area contributed by atoms with Gasteiger partial charge >= 0.3 is 0 Å². The van der Waals surface area contributed by atoms with Crippen LogP contribution >= 0.6 is 0 Å². The molecule has 0 radical (unpaired) electrons. The minimum absolute atomic E-state index is 0.0784. The molecule has 0 aliphatic carbocycles. The Hall–Kier alpha value is -0.610. The lowest BCUT2D eigenvalue weighted by Gasteiger charge is -2.35. The van der Waals surface area contributed by atoms with Crippen molar-refractivity contribution in [3.8, 4) is 0 Å². The summed E-state index contributed by atoms with van der Waals surface area (Å²) in [6, 6.07) is 0.0784. The SMILES string of the molecule is C[C@@H]1C[C@@H](C)CN(C(=O)[C@@H](C)[NH2+]CCC[NH+](C)C)C1. The van der Waals surface area contributed by atoms with Gasteiger partial charge in [0, 0.05) is 19.5 Å². The minimum atomic E-state index is 0.0784. The molecule has 0 spiro atoms. The molecule has 3 atom stereocenters. The van der Waals surface area contributed by atoms with E-state index in [0.717, 1.165) is 19.6 Å². The fourth-order valence-corrected chi connectivity index (χ4v) is 3.06. The first kappa shape index (κ1) is 16.4. The van der Waals surface area contributed by atoms with Crippen molar-refractivity contribution in [1.82, 2.24) is 4.90 Å². The maximum Gasteiger partial charge on any atom is 0.280 e. The zero-order chi connectivity index (χ0) is 14.4. The number of piperidine rings is 1. The van der Waals surface area contributed by atoms with E-state index in [2.05, 4.69) is 45.1 Å². The number of nitrogens with two attached hydrogens (primary N) is 1. The highest BCUT2D eigenvalue weighted by atomic mass is 16.2. The summed E-state index contributed by atoms with van der Waals surface area (Å²) < 4.78 is 0. The summed E-state index contributed by atoms with van der Waals surface area (Å²) in [4.78, 5) is 16.0. The second-order valence-corrected chi connectivity index (χ2v) is 6.81. The van der Waals surface area contributed by atoms with Crippen LogP contribution in [0.4, 0.5) is 0 Å². The third-order valence-corrected chi connectivity index (χ3v) is 3.97. The van der Waals surface area contributed by atoms with Crippen molar-refractivity contribution < 1.29 is 15.0 Å². The van der Waals surface area contributed by atoms with E-state index in [1.807, 2.05) is 0 Å². The van der Waals surface area contributed by atoms with Crippen molar-refractivity contribution in [3.63, 3.8) is 0 Å². The molecule has 0 aromatic heterocycles. The third-order valence-electron chi connectivity index (χ3n) is 3.97. The molecule has 1 fully saturated rings. The number of quaternary nitrogens is 2. The number of hydrogen-bond donors (Lipinski definition) is 2. The van der Waals surface area contributed by atoms with Gasteiger partial charge in [-0.25, -0.2) is 0 Å². The summed E-state index contributed by atoms with van der Waals surface area (Å²) >= 11 is 0. The van der Waals surface area contributed by atoms with Gasteiger partial charge in [-0.2, -0.15) is 0 Å². The van der Waals surface area contributed by atoms with E-state index in [9.17, 15) is 4.79 Å². The fourth-order valence-electron chi connectivity index (χ4n) is 3.06. The van der Waals surface area contributed by atoms with Gasteiger partial charge in [0.1, 0.15) is 0 Å². The van der Waals surface area contributed by atoms with E-state index in [-0.39, 0.29) is 6.04 Å². The van der Waals surface area contributed by atoms with Gasteiger partial charge in [0.25, 0.3) is 5.91 Å². The van der Waals surface area contributed by atoms with E-state index in [1.165, 1.54) is 24.3 Å². The predicted molar refractivity (Wildman–Crippen MR) is 78.1 cm³/mol. The quantitative estimate of drug-likeness (QED) is 0.597. The Morgan fingerprint density at radius 3 is 2.42 bits per heavy atom. The Balaban J connectivity index is 2.31. The number of amides is 1. The molecule has 1 amide bonds. The Bertz CT molecular complexity index is 271. The van der Waals surface area contributed by atoms with Crippen LogP contribution in [0.1, 0.15) is 33.6 Å². The number of rotatable bonds is 6. The van der Waals surface area contributed by atoms with E-state index < -0.39 is 0 Å². The minimum Gasteiger partial charge on any atom is -0.340 e. The van der Waals surface area contributed by atoms with Crippen LogP contribution in [0.5, 0.6) is 0 Å². The van der Waals surface area contributed by atoms with Crippen LogP contribution in [0, 0.1) is 11.8 Å². The maximum absolute atomic E-state index is 12.4. The van der Waals surface area contributed by atoms with E-state index >= 15 is 0 Å². The monoisotopic (exact) mass is 271 g/mol. The molecule has 4 heteroatoms. The Labute approximate surface area is 118 Å². The van der Waals surface area contributed by atoms with Crippen molar-refractivity contribution in [2.45, 2.75) is 39.7 Å². The van der Waals surface area contributed by atoms with Crippen LogP contribution in [0.15, 0.2) is 0 Å². The van der Waals surface area contributed by atoms with Crippen LogP contribution < -0.4 is 10.2 Å². The average Bonchev–Trinajstić information content (AvgIpc) is 2.32. The highest BCUT2D eigenvalue weighted by molar-refractivity contribution is 5.80. The van der Waals surface area contributed by atoms with Gasteiger partial charge in [-0.1, -0.05) is 13.8 Å². The molecule has 1 heterocycles. The zero-order valence-corrected chi connectivity index (χ0v) is 13.4. The summed E-state index contributed by atoms with van der Waals surface area (Å²) in [6.07, 6.45) is 2.43. The Kier molecular flexibility index (Phi) is 6.80. The Morgan fingerprint density at radius 2 is 1.89 bits per heavy atom. The molecular formula is C15H33N3O+2. The highest BCUT2D eigenvalue weighted by Crippen LogP contribution is 2.21. The summed E-state index contributed by atoms with van der Waals surface area (Å²) in [7, 11) is 4.34. The highest BCUT2D eigenvalue weighted by Gasteiger charge is 2.29. The van der Waals surface area contributed by atoms with Gasteiger partial charge in [-0.15, -0.1) is 0 Å². The Morgan fingerprint density at radius 1 is 1.32 bits per heavy atom. The molecule has 4 nitrogen and oxygen atoms in total. The number of carbonyl (C=O) groups is 1. The molecule has 0 bridgehead atoms. The standard InChI is InChI=1S/C15H31N3O/c1-12-9-13(2)11-18(10-12)15(19)14(3)16-7-6-8-17(4)5/h12-14,16H,6-11H2,1-5H3/p+2/t12-,13-,14-/m1/s1. The van der Waals surface area contributed by atoms with Crippen LogP contribution in [0.25, 0.3) is 0 Å². The number of nitrogens with zero attached hydrogens (tertiary/aromatic N) is 1. The fraction of sp³-hybridized carbons (Fsp3) is 0.933. The topological polar surface area (TPSA) is 41.4 Å². The number of nitrogens with one attached hydrogen (secondary N) is 1. The lowest BCUT2D eigenvalue weighted by molar-refractivity contribution is -0.860. The van der Waals surface area contributed by atoms with Crippen molar-refractivity contribution >= 4 is 5.91 Å². The van der Waals surface area contributed by atoms with Crippen molar-refractivity contribution in [2.24, 2.45) is 11.8 Å². The summed E-state index contributed by atoms with van der Waals surface area (Å²) in [5, 5.41) is 2.20. The van der Waals surface area contributed by atoms with Crippen LogP contribution in [-0.4, -0.2) is 57.1 Å². The number of carbonyl (C=O) groups excluding carboxylic acids is 1. The molecule has 0 aromatic rings. The first-order valence-corrected chi connectivity index (χ1v) is 7.81. The van der Waals surface area contributed by atoms with Gasteiger partial charge in [-0.05, 0) is 25.2 Å². The molecule has 1 aliphatic heterocycles. The lowest BCUT2D eigenvalue weighted by atomic mass is 9.91. The molecule has 0 saturated carbocycles. The van der Waals surface area contributed by atoms with Crippen molar-refractivity contribution in [2.75, 3.05) is 40.3 Å². The maximum atomic E-state index is 12.4. The average molecular weight is 271 g/mol. The normalized spacial score (nSPS) is 25.7. The number of likely N-dealkylation sites (tertiary alicyclic amines) is 1. The summed E-state index contributed by atoms with van der Waals surface area (Å²) in [5.74, 6) is 1.63. The van der Waals surface area contributed by atoms with Gasteiger partial charge < -0.3 is 15.1 Å². The molecule has 1 saturated heterocycles. The molecule has 1 rings (SSSR count). The molecule has 112 valence electrons. The molecule has 3 N–H and O–H groups in total. The lowest BCUT2D eigenvalue weighted by Crippen LogP contribution is -3.06. The van der Waals surface area contributed by atoms with E-state index in [1.54, 1.807) is 0 Å². The summed E-state index contributed by atoms with van der Waals surface area (Å²) in [6.45, 7) is 10.7. The largest absolute Gasteiger partial charge is 0.340 e. The van der Waals surface area contributed by atoms with Gasteiger partial charge in [0.05, 0.1) is 27.2 Å². The molecule has 19 heavy (non-hydrogen) atoms. The second-order valence-electron chi connectivity index (χ2n) is 6.81. The van der Waals surface area contributed by atoms with Crippen LogP contribution in [0.2, 0.25) is 0 Å². The van der Waals surface area contributed by atoms with Crippen LogP contribution in [0.3, 0.4) is 0 Å². The third kappa shape index (κ3) is 5.91. The molecular weight excluding hydrogens is 238 g/mol. The first-order valence-electron chi connectivity index (χ1n) is 7.81. The number of hydrogen-bond acceptors (Lipinski definition) is 1. The smallest absolute Gasteiger partial charge is 0.280 e.